The number of hydrogen-bond donors (Lipinski definition) is 1. The Morgan fingerprint density at radius 1 is 1.38 bits per heavy atom. The fourth-order valence-electron chi connectivity index (χ4n) is 4.16. The molecule has 0 radical (unpaired) electrons. The summed E-state index contributed by atoms with van der Waals surface area (Å²) >= 11 is 0. The van der Waals surface area contributed by atoms with Crippen molar-refractivity contribution in [2.75, 3.05) is 13.7 Å². The molecule has 4 unspecified atom stereocenters. The van der Waals surface area contributed by atoms with E-state index in [0.717, 1.165) is 11.2 Å². The monoisotopic (exact) mass is 284 g/mol. The number of ether oxygens (including phenoxy) is 1. The second-order valence-corrected chi connectivity index (χ2v) is 6.33. The fourth-order valence-corrected chi connectivity index (χ4v) is 4.16. The van der Waals surface area contributed by atoms with Gasteiger partial charge in [0.1, 0.15) is 5.76 Å². The van der Waals surface area contributed by atoms with E-state index in [1.807, 2.05) is 18.2 Å². The zero-order chi connectivity index (χ0) is 14.6. The van der Waals surface area contributed by atoms with Gasteiger partial charge in [-0.05, 0) is 24.5 Å². The van der Waals surface area contributed by atoms with Crippen LogP contribution in [0.25, 0.3) is 0 Å². The molecule has 4 atom stereocenters. The van der Waals surface area contributed by atoms with Crippen molar-refractivity contribution >= 4 is 0 Å². The number of allylic oxidation sites excluding steroid dienone is 7. The van der Waals surface area contributed by atoms with Crippen LogP contribution in [0.1, 0.15) is 6.42 Å². The maximum Gasteiger partial charge on any atom is 0.412 e. The number of nitrogens with zero attached hydrogens (tertiary/aromatic N) is 1. The first kappa shape index (κ1) is 12.6. The lowest BCUT2D eigenvalue weighted by molar-refractivity contribution is -0.537. The van der Waals surface area contributed by atoms with Crippen LogP contribution in [0.5, 0.6) is 0 Å². The predicted molar refractivity (Wildman–Crippen MR) is 78.2 cm³/mol. The summed E-state index contributed by atoms with van der Waals surface area (Å²) in [6.45, 7) is 0.384. The third-order valence-electron chi connectivity index (χ3n) is 5.14. The SMILES string of the molecule is CO/C1=C/C23C=CC(O)=CC2C2C=C(C=CC2C[N+]1=O)C3. The summed E-state index contributed by atoms with van der Waals surface area (Å²) in [4.78, 5) is 12.3. The topological polar surface area (TPSA) is 49.5 Å². The molecule has 108 valence electrons. The Balaban J connectivity index is 1.94. The normalized spacial score (nSPS) is 42.2. The van der Waals surface area contributed by atoms with Crippen LogP contribution < -0.4 is 0 Å². The molecule has 0 amide bonds. The lowest BCUT2D eigenvalue weighted by atomic mass is 9.56. The fraction of sp³-hybridized carbons (Fsp3) is 0.412. The molecule has 4 aliphatic rings. The smallest absolute Gasteiger partial charge is 0.412 e. The molecule has 0 saturated carbocycles. The largest absolute Gasteiger partial charge is 0.508 e. The number of hydrogen-bond acceptors (Lipinski definition) is 3. The van der Waals surface area contributed by atoms with Crippen molar-refractivity contribution in [1.29, 1.82) is 0 Å². The molecule has 3 aliphatic carbocycles. The molecular formula is C17H18NO3+. The molecule has 4 heteroatoms. The van der Waals surface area contributed by atoms with Gasteiger partial charge >= 0.3 is 5.88 Å². The van der Waals surface area contributed by atoms with Crippen LogP contribution >= 0.6 is 0 Å². The van der Waals surface area contributed by atoms with Crippen molar-refractivity contribution in [2.24, 2.45) is 23.2 Å². The standard InChI is InChI=1S/C17H17NO3/c1-21-16-9-17-5-4-13(19)7-15(17)14-6-11(8-17)2-3-12(14)10-18(16)20/h2-7,9,12,14-15H,8,10H2,1H3/p+1/b16-9+. The first-order chi connectivity index (χ1) is 10.1. The lowest BCUT2D eigenvalue weighted by Crippen LogP contribution is -2.44. The minimum Gasteiger partial charge on any atom is -0.508 e. The highest BCUT2D eigenvalue weighted by molar-refractivity contribution is 5.41. The quantitative estimate of drug-likeness (QED) is 0.753. The van der Waals surface area contributed by atoms with Gasteiger partial charge in [0.2, 0.25) is 6.54 Å². The summed E-state index contributed by atoms with van der Waals surface area (Å²) in [5, 5.41) is 9.92. The van der Waals surface area contributed by atoms with Crippen LogP contribution in [0.15, 0.2) is 59.7 Å². The summed E-state index contributed by atoms with van der Waals surface area (Å²) in [5.41, 5.74) is 1.02. The molecule has 1 aliphatic heterocycles. The Labute approximate surface area is 123 Å². The minimum absolute atomic E-state index is 0.144. The van der Waals surface area contributed by atoms with Gasteiger partial charge in [-0.2, -0.15) is 0 Å². The molecule has 0 aromatic heterocycles. The number of rotatable bonds is 1. The van der Waals surface area contributed by atoms with Crippen LogP contribution in [-0.4, -0.2) is 23.5 Å². The van der Waals surface area contributed by atoms with Gasteiger partial charge in [0.15, 0.2) is 0 Å². The third-order valence-corrected chi connectivity index (χ3v) is 5.14. The van der Waals surface area contributed by atoms with Gasteiger partial charge in [-0.3, -0.25) is 0 Å². The maximum absolute atomic E-state index is 12.3. The maximum atomic E-state index is 12.3. The van der Waals surface area contributed by atoms with Gasteiger partial charge in [-0.1, -0.05) is 29.9 Å². The first-order valence-corrected chi connectivity index (χ1v) is 7.32. The van der Waals surface area contributed by atoms with Crippen molar-refractivity contribution in [3.63, 3.8) is 0 Å². The Kier molecular flexibility index (Phi) is 2.52. The Morgan fingerprint density at radius 2 is 2.24 bits per heavy atom. The highest BCUT2D eigenvalue weighted by Crippen LogP contribution is 2.54. The molecule has 3 bridgehead atoms. The van der Waals surface area contributed by atoms with E-state index in [1.54, 1.807) is 6.08 Å². The lowest BCUT2D eigenvalue weighted by Gasteiger charge is -2.47. The van der Waals surface area contributed by atoms with Gasteiger partial charge in [0.25, 0.3) is 0 Å². The number of methoxy groups -OCH3 is 1. The minimum atomic E-state index is -0.279. The van der Waals surface area contributed by atoms with Gasteiger partial charge in [0, 0.05) is 28.2 Å². The zero-order valence-corrected chi connectivity index (χ0v) is 11.9. The zero-order valence-electron chi connectivity index (χ0n) is 11.9. The van der Waals surface area contributed by atoms with Crippen molar-refractivity contribution in [1.82, 2.24) is 0 Å². The van der Waals surface area contributed by atoms with E-state index in [-0.39, 0.29) is 23.2 Å². The molecular weight excluding hydrogens is 266 g/mol. The molecule has 1 heterocycles. The molecule has 0 aromatic carbocycles. The molecule has 1 N–H and O–H groups in total. The second-order valence-electron chi connectivity index (χ2n) is 6.33. The number of aliphatic hydroxyl groups excluding tert-OH is 1. The first-order valence-electron chi connectivity index (χ1n) is 7.32. The summed E-state index contributed by atoms with van der Waals surface area (Å²) in [6, 6.07) is 0. The Bertz CT molecular complexity index is 668. The van der Waals surface area contributed by atoms with Gasteiger partial charge in [-0.25, -0.2) is 0 Å². The predicted octanol–water partition coefficient (Wildman–Crippen LogP) is 3.01. The Morgan fingerprint density at radius 3 is 3.05 bits per heavy atom. The molecule has 4 rings (SSSR count). The summed E-state index contributed by atoms with van der Waals surface area (Å²) in [5.74, 6) is 1.24. The number of aliphatic hydroxyl groups is 1. The average molecular weight is 284 g/mol. The van der Waals surface area contributed by atoms with Crippen molar-refractivity contribution in [3.8, 4) is 0 Å². The number of nitroso groups, excluding NO2 is 1. The van der Waals surface area contributed by atoms with E-state index in [9.17, 15) is 10.0 Å². The van der Waals surface area contributed by atoms with Crippen LogP contribution in [0, 0.1) is 28.1 Å². The highest BCUT2D eigenvalue weighted by atomic mass is 16.5. The summed E-state index contributed by atoms with van der Waals surface area (Å²) in [7, 11) is 1.54. The van der Waals surface area contributed by atoms with Gasteiger partial charge in [-0.15, -0.1) is 0 Å². The van der Waals surface area contributed by atoms with Crippen LogP contribution in [0.3, 0.4) is 0 Å². The van der Waals surface area contributed by atoms with E-state index in [4.69, 9.17) is 4.74 Å². The molecule has 21 heavy (non-hydrogen) atoms. The molecule has 0 spiro atoms. The van der Waals surface area contributed by atoms with Crippen molar-refractivity contribution in [2.45, 2.75) is 6.42 Å². The Hall–Kier alpha value is -2.10. The third kappa shape index (κ3) is 1.75. The molecule has 0 saturated heterocycles. The van der Waals surface area contributed by atoms with Gasteiger partial charge < -0.3 is 9.84 Å². The van der Waals surface area contributed by atoms with Gasteiger partial charge in [0.05, 0.1) is 11.9 Å². The highest BCUT2D eigenvalue weighted by Gasteiger charge is 2.51. The van der Waals surface area contributed by atoms with Crippen LogP contribution in [-0.2, 0) is 4.74 Å². The molecule has 4 nitrogen and oxygen atoms in total. The summed E-state index contributed by atoms with van der Waals surface area (Å²) in [6.07, 6.45) is 15.0. The average Bonchev–Trinajstić information content (AvgIpc) is 2.48. The molecule has 0 fully saturated rings. The van der Waals surface area contributed by atoms with E-state index in [2.05, 4.69) is 18.2 Å². The molecule has 0 aromatic rings. The van der Waals surface area contributed by atoms with E-state index < -0.39 is 0 Å². The van der Waals surface area contributed by atoms with E-state index >= 15 is 0 Å². The second kappa shape index (κ2) is 4.20. The van der Waals surface area contributed by atoms with Crippen LogP contribution in [0.4, 0.5) is 0 Å². The summed E-state index contributed by atoms with van der Waals surface area (Å²) < 4.78 is 6.28. The van der Waals surface area contributed by atoms with E-state index in [0.29, 0.717) is 18.2 Å². The van der Waals surface area contributed by atoms with Crippen LogP contribution in [0.2, 0.25) is 0 Å². The van der Waals surface area contributed by atoms with Crippen molar-refractivity contribution < 1.29 is 14.6 Å². The van der Waals surface area contributed by atoms with Crippen molar-refractivity contribution in [3.05, 3.63) is 64.7 Å². The van der Waals surface area contributed by atoms with E-state index in [1.165, 1.54) is 12.7 Å².